The van der Waals surface area contributed by atoms with E-state index in [1.165, 1.54) is 0 Å². The van der Waals surface area contributed by atoms with Crippen LogP contribution in [0, 0.1) is 0 Å². The van der Waals surface area contributed by atoms with E-state index in [9.17, 15) is 4.79 Å². The third kappa shape index (κ3) is 4.11. The third-order valence-electron chi connectivity index (χ3n) is 5.77. The fourth-order valence-electron chi connectivity index (χ4n) is 4.15. The number of hydrogen-bond acceptors (Lipinski definition) is 6. The van der Waals surface area contributed by atoms with Crippen LogP contribution in [0.1, 0.15) is 24.0 Å². The van der Waals surface area contributed by atoms with Crippen molar-refractivity contribution in [1.82, 2.24) is 9.91 Å². The Hall–Kier alpha value is -3.03. The van der Waals surface area contributed by atoms with E-state index in [0.29, 0.717) is 18.7 Å². The van der Waals surface area contributed by atoms with E-state index in [-0.39, 0.29) is 11.9 Å². The average Bonchev–Trinajstić information content (AvgIpc) is 3.55. The molecule has 2 aliphatic rings. The van der Waals surface area contributed by atoms with Crippen molar-refractivity contribution in [1.29, 1.82) is 0 Å². The molecule has 7 nitrogen and oxygen atoms in total. The van der Waals surface area contributed by atoms with Crippen molar-refractivity contribution in [2.75, 3.05) is 37.6 Å². The molecule has 1 saturated heterocycles. The number of furan rings is 2. The fourth-order valence-corrected chi connectivity index (χ4v) is 4.41. The summed E-state index contributed by atoms with van der Waals surface area (Å²) < 4.78 is 11.1. The van der Waals surface area contributed by atoms with Gasteiger partial charge in [0, 0.05) is 32.6 Å². The smallest absolute Gasteiger partial charge is 0.257 e. The lowest BCUT2D eigenvalue weighted by Crippen LogP contribution is -2.49. The van der Waals surface area contributed by atoms with Crippen LogP contribution in [0.3, 0.4) is 0 Å². The molecule has 4 heterocycles. The molecule has 8 heteroatoms. The highest BCUT2D eigenvalue weighted by Gasteiger charge is 2.36. The quantitative estimate of drug-likeness (QED) is 0.601. The van der Waals surface area contributed by atoms with Crippen molar-refractivity contribution in [3.63, 3.8) is 0 Å². The van der Waals surface area contributed by atoms with Gasteiger partial charge in [-0.15, -0.1) is 0 Å². The largest absolute Gasteiger partial charge is 0.467 e. The number of nitrogens with zero attached hydrogens (tertiary/aromatic N) is 4. The molecule has 0 radical (unpaired) electrons. The zero-order chi connectivity index (χ0) is 21.2. The van der Waals surface area contributed by atoms with Crippen molar-refractivity contribution in [2.45, 2.75) is 12.5 Å². The van der Waals surface area contributed by atoms with Crippen LogP contribution in [0.4, 0.5) is 5.69 Å². The van der Waals surface area contributed by atoms with E-state index in [1.807, 2.05) is 48.5 Å². The predicted octanol–water partition coefficient (Wildman–Crippen LogP) is 4.03. The number of carbonyl (C=O) groups is 1. The molecule has 5 rings (SSSR count). The minimum absolute atomic E-state index is 0.0471. The lowest BCUT2D eigenvalue weighted by atomic mass is 10.1. The van der Waals surface area contributed by atoms with Gasteiger partial charge in [-0.05, 0) is 36.4 Å². The topological polar surface area (TPSA) is 65.4 Å². The number of hydrazone groups is 1. The number of carbonyl (C=O) groups excluding carboxylic acids is 1. The van der Waals surface area contributed by atoms with Crippen LogP contribution in [0.2, 0.25) is 5.02 Å². The van der Waals surface area contributed by atoms with E-state index in [1.54, 1.807) is 17.5 Å². The zero-order valence-electron chi connectivity index (χ0n) is 17.0. The Morgan fingerprint density at radius 2 is 1.77 bits per heavy atom. The third-order valence-corrected chi connectivity index (χ3v) is 6.09. The molecule has 2 aromatic heterocycles. The second kappa shape index (κ2) is 8.61. The summed E-state index contributed by atoms with van der Waals surface area (Å²) in [4.78, 5) is 17.6. The number of para-hydroxylation sites is 1. The van der Waals surface area contributed by atoms with Crippen molar-refractivity contribution in [3.05, 3.63) is 77.6 Å². The molecule has 0 spiro atoms. The van der Waals surface area contributed by atoms with Crippen LogP contribution in [-0.4, -0.2) is 54.3 Å². The SMILES string of the molecule is O=C(CN1CCN(c2ccccc2Cl)CC1)N1N=C(c2ccco2)CC1c1ccco1. The maximum absolute atomic E-state index is 13.2. The monoisotopic (exact) mass is 438 g/mol. The van der Waals surface area contributed by atoms with Crippen molar-refractivity contribution >= 4 is 28.9 Å². The van der Waals surface area contributed by atoms with Crippen LogP contribution >= 0.6 is 11.6 Å². The highest BCUT2D eigenvalue weighted by molar-refractivity contribution is 6.33. The molecule has 1 fully saturated rings. The Balaban J connectivity index is 1.26. The van der Waals surface area contributed by atoms with Gasteiger partial charge in [-0.25, -0.2) is 5.01 Å². The first-order valence-electron chi connectivity index (χ1n) is 10.4. The van der Waals surface area contributed by atoms with Crippen LogP contribution in [-0.2, 0) is 4.79 Å². The summed E-state index contributed by atoms with van der Waals surface area (Å²) in [6.45, 7) is 3.51. The van der Waals surface area contributed by atoms with Gasteiger partial charge < -0.3 is 13.7 Å². The van der Waals surface area contributed by atoms with E-state index in [2.05, 4.69) is 14.9 Å². The first-order valence-corrected chi connectivity index (χ1v) is 10.8. The Kier molecular flexibility index (Phi) is 5.53. The number of amides is 1. The first kappa shape index (κ1) is 19.9. The number of hydrogen-bond donors (Lipinski definition) is 0. The minimum atomic E-state index is -0.257. The van der Waals surface area contributed by atoms with Gasteiger partial charge in [0.05, 0.1) is 29.8 Å². The van der Waals surface area contributed by atoms with Crippen LogP contribution in [0.5, 0.6) is 0 Å². The maximum atomic E-state index is 13.2. The van der Waals surface area contributed by atoms with Crippen LogP contribution in [0.15, 0.2) is 75.0 Å². The van der Waals surface area contributed by atoms with Gasteiger partial charge in [-0.2, -0.15) is 5.10 Å². The Labute approximate surface area is 185 Å². The molecular formula is C23H23ClN4O3. The van der Waals surface area contributed by atoms with E-state index in [0.717, 1.165) is 48.4 Å². The fraction of sp³-hybridized carbons (Fsp3) is 0.304. The van der Waals surface area contributed by atoms with E-state index >= 15 is 0 Å². The molecule has 2 aliphatic heterocycles. The number of piperazine rings is 1. The van der Waals surface area contributed by atoms with Gasteiger partial charge in [0.25, 0.3) is 5.91 Å². The van der Waals surface area contributed by atoms with Crippen LogP contribution < -0.4 is 4.90 Å². The molecule has 1 aromatic carbocycles. The average molecular weight is 439 g/mol. The molecule has 0 aliphatic carbocycles. The van der Waals surface area contributed by atoms with Crippen molar-refractivity contribution < 1.29 is 13.6 Å². The molecule has 0 bridgehead atoms. The summed E-state index contributed by atoms with van der Waals surface area (Å²) in [6, 6.07) is 15.0. The summed E-state index contributed by atoms with van der Waals surface area (Å²) >= 11 is 6.34. The molecule has 1 unspecified atom stereocenters. The molecule has 0 saturated carbocycles. The Bertz CT molecular complexity index is 1060. The summed E-state index contributed by atoms with van der Waals surface area (Å²) in [5, 5.41) is 6.91. The van der Waals surface area contributed by atoms with Gasteiger partial charge in [0.1, 0.15) is 23.3 Å². The minimum Gasteiger partial charge on any atom is -0.467 e. The maximum Gasteiger partial charge on any atom is 0.257 e. The molecule has 160 valence electrons. The molecule has 31 heavy (non-hydrogen) atoms. The number of halogens is 1. The second-order valence-corrected chi connectivity index (χ2v) is 8.12. The number of rotatable bonds is 5. The Morgan fingerprint density at radius 1 is 1.00 bits per heavy atom. The zero-order valence-corrected chi connectivity index (χ0v) is 17.7. The summed E-state index contributed by atoms with van der Waals surface area (Å²) in [5.41, 5.74) is 1.79. The van der Waals surface area contributed by atoms with Gasteiger partial charge in [-0.1, -0.05) is 23.7 Å². The molecule has 1 amide bonds. The Morgan fingerprint density at radius 3 is 2.48 bits per heavy atom. The van der Waals surface area contributed by atoms with Crippen LogP contribution in [0.25, 0.3) is 0 Å². The predicted molar refractivity (Wildman–Crippen MR) is 118 cm³/mol. The first-order chi connectivity index (χ1) is 15.2. The van der Waals surface area contributed by atoms with Gasteiger partial charge in [0.15, 0.2) is 0 Å². The van der Waals surface area contributed by atoms with Gasteiger partial charge in [0.2, 0.25) is 0 Å². The lowest BCUT2D eigenvalue weighted by molar-refractivity contribution is -0.134. The molecule has 1 atom stereocenters. The second-order valence-electron chi connectivity index (χ2n) is 7.71. The molecule has 0 N–H and O–H groups in total. The van der Waals surface area contributed by atoms with Crippen molar-refractivity contribution in [2.24, 2.45) is 5.10 Å². The summed E-state index contributed by atoms with van der Waals surface area (Å²) in [5.74, 6) is 1.36. The highest BCUT2D eigenvalue weighted by atomic mass is 35.5. The lowest BCUT2D eigenvalue weighted by Gasteiger charge is -2.36. The van der Waals surface area contributed by atoms with Gasteiger partial charge in [-0.3, -0.25) is 9.69 Å². The summed E-state index contributed by atoms with van der Waals surface area (Å²) in [6.07, 6.45) is 3.80. The molecule has 3 aromatic rings. The summed E-state index contributed by atoms with van der Waals surface area (Å²) in [7, 11) is 0. The standard InChI is InChI=1S/C23H23ClN4O3/c24-17-5-1-2-6-19(17)27-11-9-26(10-12-27)16-23(29)28-20(22-8-4-14-31-22)15-18(25-28)21-7-3-13-30-21/h1-8,13-14,20H,9-12,15-16H2. The normalized spacial score (nSPS) is 19.6. The van der Waals surface area contributed by atoms with E-state index in [4.69, 9.17) is 20.4 Å². The van der Waals surface area contributed by atoms with E-state index < -0.39 is 0 Å². The number of benzene rings is 1. The number of anilines is 1. The highest BCUT2D eigenvalue weighted by Crippen LogP contribution is 2.33. The van der Waals surface area contributed by atoms with Crippen molar-refractivity contribution in [3.8, 4) is 0 Å². The molecular weight excluding hydrogens is 416 g/mol. The van der Waals surface area contributed by atoms with Gasteiger partial charge >= 0.3 is 0 Å².